The number of amides is 1. The molecule has 0 spiro atoms. The number of hydrogen-bond donors (Lipinski definition) is 2. The van der Waals surface area contributed by atoms with Crippen LogP contribution in [0, 0.1) is 0 Å². The normalized spacial score (nSPS) is 10.1. The van der Waals surface area contributed by atoms with Crippen molar-refractivity contribution in [2.45, 2.75) is 6.54 Å². The number of aromatic nitrogens is 2. The molecule has 2 aromatic heterocycles. The van der Waals surface area contributed by atoms with Gasteiger partial charge in [0, 0.05) is 23.6 Å². The van der Waals surface area contributed by atoms with Gasteiger partial charge in [0.05, 0.1) is 24.9 Å². The van der Waals surface area contributed by atoms with Crippen molar-refractivity contribution in [3.63, 3.8) is 0 Å². The molecule has 7 nitrogen and oxygen atoms in total. The monoisotopic (exact) mass is 362 g/mol. The highest BCUT2D eigenvalue weighted by Crippen LogP contribution is 2.14. The largest absolute Gasteiger partial charge is 0.465 e. The first-order valence-electron chi connectivity index (χ1n) is 8.25. The van der Waals surface area contributed by atoms with Gasteiger partial charge in [0.15, 0.2) is 0 Å². The number of nitrogens with one attached hydrogen (secondary N) is 2. The van der Waals surface area contributed by atoms with E-state index < -0.39 is 5.97 Å². The van der Waals surface area contributed by atoms with Gasteiger partial charge in [-0.05, 0) is 42.5 Å². The number of methoxy groups -OCH3 is 1. The van der Waals surface area contributed by atoms with Gasteiger partial charge in [-0.3, -0.25) is 9.78 Å². The molecule has 136 valence electrons. The lowest BCUT2D eigenvalue weighted by molar-refractivity contribution is 0.0600. The lowest BCUT2D eigenvalue weighted by Gasteiger charge is -2.09. The Morgan fingerprint density at radius 1 is 0.963 bits per heavy atom. The summed E-state index contributed by atoms with van der Waals surface area (Å²) in [5.74, 6) is -0.201. The molecule has 0 aliphatic carbocycles. The third kappa shape index (κ3) is 4.88. The van der Waals surface area contributed by atoms with E-state index in [4.69, 9.17) is 0 Å². The summed E-state index contributed by atoms with van der Waals surface area (Å²) in [6, 6.07) is 15.5. The summed E-state index contributed by atoms with van der Waals surface area (Å²) in [6.07, 6.45) is 3.28. The summed E-state index contributed by atoms with van der Waals surface area (Å²) in [4.78, 5) is 32.5. The fourth-order valence-electron chi connectivity index (χ4n) is 2.40. The van der Waals surface area contributed by atoms with Crippen LogP contribution in [0.2, 0.25) is 0 Å². The third-order valence-electron chi connectivity index (χ3n) is 3.74. The fourth-order valence-corrected chi connectivity index (χ4v) is 2.40. The highest BCUT2D eigenvalue weighted by atomic mass is 16.5. The van der Waals surface area contributed by atoms with E-state index in [0.717, 1.165) is 5.69 Å². The van der Waals surface area contributed by atoms with Crippen molar-refractivity contribution < 1.29 is 14.3 Å². The highest BCUT2D eigenvalue weighted by molar-refractivity contribution is 6.05. The Kier molecular flexibility index (Phi) is 5.73. The number of carbonyl (C=O) groups excluding carboxylic acids is 2. The van der Waals surface area contributed by atoms with Gasteiger partial charge in [0.2, 0.25) is 0 Å². The quantitative estimate of drug-likeness (QED) is 0.655. The van der Waals surface area contributed by atoms with Crippen LogP contribution in [0.1, 0.15) is 26.4 Å². The molecule has 27 heavy (non-hydrogen) atoms. The zero-order valence-electron chi connectivity index (χ0n) is 14.7. The van der Waals surface area contributed by atoms with Crippen LogP contribution < -0.4 is 10.6 Å². The molecule has 2 heterocycles. The summed E-state index contributed by atoms with van der Waals surface area (Å²) in [5, 5.41) is 5.90. The zero-order valence-corrected chi connectivity index (χ0v) is 14.7. The van der Waals surface area contributed by atoms with Crippen molar-refractivity contribution >= 4 is 23.4 Å². The average Bonchev–Trinajstić information content (AvgIpc) is 2.73. The van der Waals surface area contributed by atoms with Crippen LogP contribution >= 0.6 is 0 Å². The van der Waals surface area contributed by atoms with Gasteiger partial charge in [0.1, 0.15) is 5.82 Å². The van der Waals surface area contributed by atoms with Crippen molar-refractivity contribution in [3.05, 3.63) is 83.8 Å². The van der Waals surface area contributed by atoms with E-state index in [0.29, 0.717) is 29.2 Å². The Labute approximate surface area is 156 Å². The number of nitrogens with zero attached hydrogens (tertiary/aromatic N) is 2. The first kappa shape index (κ1) is 18.1. The first-order chi connectivity index (χ1) is 13.2. The zero-order chi connectivity index (χ0) is 19.1. The molecule has 1 amide bonds. The van der Waals surface area contributed by atoms with E-state index in [-0.39, 0.29) is 5.91 Å². The Bertz CT molecular complexity index is 945. The minimum atomic E-state index is -0.462. The number of pyridine rings is 2. The number of carbonyl (C=O) groups is 2. The summed E-state index contributed by atoms with van der Waals surface area (Å²) in [5.41, 5.74) is 2.18. The van der Waals surface area contributed by atoms with Crippen LogP contribution in [-0.4, -0.2) is 29.0 Å². The second-order valence-electron chi connectivity index (χ2n) is 5.63. The fraction of sp³-hybridized carbons (Fsp3) is 0.100. The van der Waals surface area contributed by atoms with Crippen molar-refractivity contribution in [3.8, 4) is 0 Å². The SMILES string of the molecule is COC(=O)c1cccc(NC(=O)c2ccnc(NCc3ccccn3)c2)c1. The molecule has 3 rings (SSSR count). The lowest BCUT2D eigenvalue weighted by Crippen LogP contribution is -2.13. The summed E-state index contributed by atoms with van der Waals surface area (Å²) < 4.78 is 4.69. The van der Waals surface area contributed by atoms with Crippen molar-refractivity contribution in [1.82, 2.24) is 9.97 Å². The number of rotatable bonds is 6. The molecule has 0 radical (unpaired) electrons. The molecule has 0 aliphatic rings. The van der Waals surface area contributed by atoms with E-state index in [1.165, 1.54) is 7.11 Å². The second-order valence-corrected chi connectivity index (χ2v) is 5.63. The van der Waals surface area contributed by atoms with Crippen molar-refractivity contribution in [1.29, 1.82) is 0 Å². The van der Waals surface area contributed by atoms with E-state index in [1.54, 1.807) is 48.8 Å². The van der Waals surface area contributed by atoms with Gasteiger partial charge < -0.3 is 15.4 Å². The molecule has 0 aliphatic heterocycles. The number of benzene rings is 1. The van der Waals surface area contributed by atoms with E-state index in [1.807, 2.05) is 18.2 Å². The summed E-state index contributed by atoms with van der Waals surface area (Å²) in [7, 11) is 1.31. The van der Waals surface area contributed by atoms with E-state index >= 15 is 0 Å². The predicted molar refractivity (Wildman–Crippen MR) is 102 cm³/mol. The molecule has 0 bridgehead atoms. The van der Waals surface area contributed by atoms with E-state index in [9.17, 15) is 9.59 Å². The van der Waals surface area contributed by atoms with Gasteiger partial charge in [-0.1, -0.05) is 12.1 Å². The molecule has 2 N–H and O–H groups in total. The topological polar surface area (TPSA) is 93.2 Å². The molecule has 7 heteroatoms. The predicted octanol–water partition coefficient (Wildman–Crippen LogP) is 3.13. The molecule has 0 unspecified atom stereocenters. The molecule has 3 aromatic rings. The molecule has 0 atom stereocenters. The first-order valence-corrected chi connectivity index (χ1v) is 8.25. The Morgan fingerprint density at radius 2 is 1.85 bits per heavy atom. The third-order valence-corrected chi connectivity index (χ3v) is 3.74. The smallest absolute Gasteiger partial charge is 0.337 e. The van der Waals surface area contributed by atoms with Crippen LogP contribution in [0.15, 0.2) is 67.0 Å². The minimum Gasteiger partial charge on any atom is -0.465 e. The number of anilines is 2. The second kappa shape index (κ2) is 8.57. The maximum atomic E-state index is 12.5. The Hall–Kier alpha value is -3.74. The lowest BCUT2D eigenvalue weighted by atomic mass is 10.2. The van der Waals surface area contributed by atoms with Gasteiger partial charge >= 0.3 is 5.97 Å². The van der Waals surface area contributed by atoms with Gasteiger partial charge in [0.25, 0.3) is 5.91 Å². The van der Waals surface area contributed by atoms with Crippen LogP contribution in [0.4, 0.5) is 11.5 Å². The maximum Gasteiger partial charge on any atom is 0.337 e. The molecule has 0 saturated carbocycles. The van der Waals surface area contributed by atoms with Crippen LogP contribution in [-0.2, 0) is 11.3 Å². The minimum absolute atomic E-state index is 0.305. The summed E-state index contributed by atoms with van der Waals surface area (Å²) >= 11 is 0. The average molecular weight is 362 g/mol. The summed E-state index contributed by atoms with van der Waals surface area (Å²) in [6.45, 7) is 0.500. The molecule has 0 fully saturated rings. The standard InChI is InChI=1S/C20H18N4O3/c1-27-20(26)15-5-4-7-16(11-15)24-19(25)14-8-10-22-18(12-14)23-13-17-6-2-3-9-21-17/h2-12H,13H2,1H3,(H,22,23)(H,24,25). The van der Waals surface area contributed by atoms with Crippen LogP contribution in [0.5, 0.6) is 0 Å². The highest BCUT2D eigenvalue weighted by Gasteiger charge is 2.10. The van der Waals surface area contributed by atoms with Crippen molar-refractivity contribution in [2.75, 3.05) is 17.7 Å². The number of hydrogen-bond acceptors (Lipinski definition) is 6. The molecule has 0 saturated heterocycles. The molecular formula is C20H18N4O3. The number of ether oxygens (including phenoxy) is 1. The Balaban J connectivity index is 1.67. The van der Waals surface area contributed by atoms with Gasteiger partial charge in [-0.15, -0.1) is 0 Å². The van der Waals surface area contributed by atoms with E-state index in [2.05, 4.69) is 25.3 Å². The molecule has 1 aromatic carbocycles. The Morgan fingerprint density at radius 3 is 2.63 bits per heavy atom. The van der Waals surface area contributed by atoms with Gasteiger partial charge in [-0.2, -0.15) is 0 Å². The number of esters is 1. The molecular weight excluding hydrogens is 344 g/mol. The van der Waals surface area contributed by atoms with Crippen LogP contribution in [0.3, 0.4) is 0 Å². The maximum absolute atomic E-state index is 12.5. The van der Waals surface area contributed by atoms with Gasteiger partial charge in [-0.25, -0.2) is 9.78 Å². The van der Waals surface area contributed by atoms with Crippen molar-refractivity contribution in [2.24, 2.45) is 0 Å². The van der Waals surface area contributed by atoms with Crippen LogP contribution in [0.25, 0.3) is 0 Å².